The molecule has 7 heteroatoms. The second-order valence-corrected chi connectivity index (χ2v) is 6.52. The highest BCUT2D eigenvalue weighted by Gasteiger charge is 2.49. The molecular weight excluding hydrogens is 296 g/mol. The number of rotatable bonds is 6. The first-order chi connectivity index (χ1) is 11.0. The van der Waals surface area contributed by atoms with Gasteiger partial charge in [-0.3, -0.25) is 14.5 Å². The van der Waals surface area contributed by atoms with Crippen LogP contribution in [0.1, 0.15) is 39.5 Å². The number of likely N-dealkylation sites (tertiary alicyclic amines) is 1. The summed E-state index contributed by atoms with van der Waals surface area (Å²) in [5.74, 6) is 0.0214. The van der Waals surface area contributed by atoms with E-state index in [4.69, 9.17) is 0 Å². The molecule has 0 radical (unpaired) electrons. The minimum Gasteiger partial charge on any atom is -0.341 e. The minimum absolute atomic E-state index is 0.141. The molecule has 2 N–H and O–H groups in total. The van der Waals surface area contributed by atoms with E-state index in [9.17, 15) is 14.4 Å². The molecule has 0 aliphatic carbocycles. The molecule has 23 heavy (non-hydrogen) atoms. The Morgan fingerprint density at radius 1 is 1.35 bits per heavy atom. The molecule has 0 saturated carbocycles. The highest BCUT2D eigenvalue weighted by atomic mass is 16.2. The Kier molecular flexibility index (Phi) is 5.62. The van der Waals surface area contributed by atoms with Crippen LogP contribution in [0, 0.1) is 5.92 Å². The second-order valence-electron chi connectivity index (χ2n) is 6.52. The van der Waals surface area contributed by atoms with Gasteiger partial charge >= 0.3 is 6.03 Å². The lowest BCUT2D eigenvalue weighted by Gasteiger charge is -2.33. The van der Waals surface area contributed by atoms with Crippen molar-refractivity contribution in [1.82, 2.24) is 20.4 Å². The smallest absolute Gasteiger partial charge is 0.325 e. The lowest BCUT2D eigenvalue weighted by atomic mass is 9.93. The number of hydrogen-bond donors (Lipinski definition) is 2. The summed E-state index contributed by atoms with van der Waals surface area (Å²) in [7, 11) is 1.91. The second kappa shape index (κ2) is 7.29. The fourth-order valence-corrected chi connectivity index (χ4v) is 3.53. The van der Waals surface area contributed by atoms with Gasteiger partial charge in [-0.15, -0.1) is 0 Å². The molecule has 2 aliphatic rings. The number of hydrogen-bond acceptors (Lipinski definition) is 4. The maximum absolute atomic E-state index is 12.5. The predicted molar refractivity (Wildman–Crippen MR) is 86.8 cm³/mol. The molecule has 0 aromatic rings. The van der Waals surface area contributed by atoms with Crippen molar-refractivity contribution < 1.29 is 14.4 Å². The van der Waals surface area contributed by atoms with Crippen molar-refractivity contribution in [2.45, 2.75) is 45.1 Å². The first-order valence-corrected chi connectivity index (χ1v) is 8.54. The van der Waals surface area contributed by atoms with Crippen LogP contribution in [0.25, 0.3) is 0 Å². The number of piperidine rings is 1. The fraction of sp³-hybridized carbons (Fsp3) is 0.812. The molecule has 4 amide bonds. The highest BCUT2D eigenvalue weighted by molar-refractivity contribution is 6.08. The molecule has 2 heterocycles. The predicted octanol–water partition coefficient (Wildman–Crippen LogP) is 0.555. The number of carbonyl (C=O) groups is 3. The van der Waals surface area contributed by atoms with E-state index in [0.29, 0.717) is 31.8 Å². The topological polar surface area (TPSA) is 81.8 Å². The van der Waals surface area contributed by atoms with E-state index in [0.717, 1.165) is 24.3 Å². The Hall–Kier alpha value is -1.63. The van der Waals surface area contributed by atoms with Crippen molar-refractivity contribution in [3.63, 3.8) is 0 Å². The van der Waals surface area contributed by atoms with Crippen molar-refractivity contribution in [3.05, 3.63) is 0 Å². The largest absolute Gasteiger partial charge is 0.341 e. The molecule has 2 aliphatic heterocycles. The van der Waals surface area contributed by atoms with Crippen LogP contribution in [-0.4, -0.2) is 66.4 Å². The third kappa shape index (κ3) is 3.49. The third-order valence-corrected chi connectivity index (χ3v) is 5.11. The van der Waals surface area contributed by atoms with E-state index in [1.807, 2.05) is 20.9 Å². The first-order valence-electron chi connectivity index (χ1n) is 8.54. The van der Waals surface area contributed by atoms with Crippen LogP contribution in [-0.2, 0) is 9.59 Å². The summed E-state index contributed by atoms with van der Waals surface area (Å²) < 4.78 is 0. The summed E-state index contributed by atoms with van der Waals surface area (Å²) >= 11 is 0. The van der Waals surface area contributed by atoms with Gasteiger partial charge in [0, 0.05) is 13.1 Å². The van der Waals surface area contributed by atoms with Crippen molar-refractivity contribution in [2.24, 2.45) is 5.92 Å². The van der Waals surface area contributed by atoms with Gasteiger partial charge in [0.2, 0.25) is 5.91 Å². The maximum atomic E-state index is 12.5. The number of urea groups is 1. The van der Waals surface area contributed by atoms with Gasteiger partial charge in [-0.2, -0.15) is 0 Å². The Labute approximate surface area is 137 Å². The summed E-state index contributed by atoms with van der Waals surface area (Å²) in [6.07, 6.45) is 3.13. The zero-order valence-electron chi connectivity index (χ0n) is 14.4. The monoisotopic (exact) mass is 324 g/mol. The van der Waals surface area contributed by atoms with Gasteiger partial charge in [-0.05, 0) is 45.2 Å². The summed E-state index contributed by atoms with van der Waals surface area (Å²) in [5.41, 5.74) is -0.839. The maximum Gasteiger partial charge on any atom is 0.325 e. The van der Waals surface area contributed by atoms with E-state index in [-0.39, 0.29) is 18.4 Å². The van der Waals surface area contributed by atoms with Crippen LogP contribution in [0.3, 0.4) is 0 Å². The SMILES string of the molecule is CCC1(CC)NC(=O)N(CC(=O)N2CCC[C@H](CNC)C2)C1=O. The molecule has 0 aromatic carbocycles. The molecular formula is C16H28N4O3. The number of nitrogens with zero attached hydrogens (tertiary/aromatic N) is 2. The molecule has 1 atom stereocenters. The number of nitrogens with one attached hydrogen (secondary N) is 2. The van der Waals surface area contributed by atoms with Crippen LogP contribution < -0.4 is 10.6 Å². The number of imide groups is 1. The summed E-state index contributed by atoms with van der Waals surface area (Å²) in [5, 5.41) is 5.90. The van der Waals surface area contributed by atoms with E-state index in [1.54, 1.807) is 4.90 Å². The highest BCUT2D eigenvalue weighted by Crippen LogP contribution is 2.25. The molecule has 0 aromatic heterocycles. The summed E-state index contributed by atoms with van der Waals surface area (Å²) in [6.45, 7) is 5.87. The molecule has 0 spiro atoms. The molecule has 130 valence electrons. The molecule has 7 nitrogen and oxygen atoms in total. The summed E-state index contributed by atoms with van der Waals surface area (Å²) in [4.78, 5) is 40.0. The average Bonchev–Trinajstić information content (AvgIpc) is 2.80. The van der Waals surface area contributed by atoms with Crippen LogP contribution in [0.4, 0.5) is 4.79 Å². The Bertz CT molecular complexity index is 474. The lowest BCUT2D eigenvalue weighted by molar-refractivity contribution is -0.140. The zero-order chi connectivity index (χ0) is 17.0. The van der Waals surface area contributed by atoms with Crippen molar-refractivity contribution in [2.75, 3.05) is 33.2 Å². The molecule has 0 unspecified atom stereocenters. The van der Waals surface area contributed by atoms with Crippen LogP contribution in [0.15, 0.2) is 0 Å². The van der Waals surface area contributed by atoms with Crippen LogP contribution in [0.5, 0.6) is 0 Å². The van der Waals surface area contributed by atoms with E-state index in [2.05, 4.69) is 10.6 Å². The average molecular weight is 324 g/mol. The Morgan fingerprint density at radius 2 is 2.04 bits per heavy atom. The molecule has 2 rings (SSSR count). The van der Waals surface area contributed by atoms with Crippen molar-refractivity contribution in [3.8, 4) is 0 Å². The number of carbonyl (C=O) groups excluding carboxylic acids is 3. The molecule has 0 bridgehead atoms. The van der Waals surface area contributed by atoms with Gasteiger partial charge < -0.3 is 15.5 Å². The standard InChI is InChI=1S/C16H28N4O3/c1-4-16(5-2)14(22)20(15(23)18-16)11-13(21)19-8-6-7-12(10-19)9-17-3/h12,17H,4-11H2,1-3H3,(H,18,23)/t12-/m1/s1. The zero-order valence-corrected chi connectivity index (χ0v) is 14.4. The van der Waals surface area contributed by atoms with Crippen molar-refractivity contribution in [1.29, 1.82) is 0 Å². The fourth-order valence-electron chi connectivity index (χ4n) is 3.53. The third-order valence-electron chi connectivity index (χ3n) is 5.11. The Balaban J connectivity index is 2.00. The quantitative estimate of drug-likeness (QED) is 0.699. The van der Waals surface area contributed by atoms with Crippen LogP contribution >= 0.6 is 0 Å². The van der Waals surface area contributed by atoms with Gasteiger partial charge in [0.15, 0.2) is 0 Å². The van der Waals surface area contributed by atoms with Crippen LogP contribution in [0.2, 0.25) is 0 Å². The number of amides is 4. The van der Waals surface area contributed by atoms with Crippen molar-refractivity contribution >= 4 is 17.8 Å². The van der Waals surface area contributed by atoms with Gasteiger partial charge in [0.25, 0.3) is 5.91 Å². The van der Waals surface area contributed by atoms with E-state index < -0.39 is 11.6 Å². The summed E-state index contributed by atoms with van der Waals surface area (Å²) in [6, 6.07) is -0.448. The normalized spacial score (nSPS) is 24.0. The van der Waals surface area contributed by atoms with Gasteiger partial charge in [0.05, 0.1) is 0 Å². The van der Waals surface area contributed by atoms with Gasteiger partial charge in [0.1, 0.15) is 12.1 Å². The molecule has 2 fully saturated rings. The van der Waals surface area contributed by atoms with E-state index >= 15 is 0 Å². The first kappa shape index (κ1) is 17.7. The van der Waals surface area contributed by atoms with Gasteiger partial charge in [-0.1, -0.05) is 13.8 Å². The van der Waals surface area contributed by atoms with E-state index in [1.165, 1.54) is 0 Å². The Morgan fingerprint density at radius 3 is 2.61 bits per heavy atom. The molecule has 2 saturated heterocycles. The lowest BCUT2D eigenvalue weighted by Crippen LogP contribution is -2.49. The minimum atomic E-state index is -0.839. The van der Waals surface area contributed by atoms with Gasteiger partial charge in [-0.25, -0.2) is 4.79 Å².